The van der Waals surface area contributed by atoms with Crippen LogP contribution in [0.2, 0.25) is 0 Å². The number of thioether (sulfide) groups is 1. The quantitative estimate of drug-likeness (QED) is 0.358. The van der Waals surface area contributed by atoms with Gasteiger partial charge in [-0.15, -0.1) is 0 Å². The lowest BCUT2D eigenvalue weighted by Crippen LogP contribution is -2.35. The Labute approximate surface area is 202 Å². The number of fused-ring (bicyclic) bond motifs is 1. The minimum absolute atomic E-state index is 0.127. The highest BCUT2D eigenvalue weighted by Gasteiger charge is 2.22. The molecule has 1 aromatic heterocycles. The molecule has 2 N–H and O–H groups in total. The summed E-state index contributed by atoms with van der Waals surface area (Å²) in [5.74, 6) is 1.40. The van der Waals surface area contributed by atoms with Crippen LogP contribution in [0.4, 0.5) is 5.69 Å². The van der Waals surface area contributed by atoms with Crippen LogP contribution in [0.3, 0.4) is 0 Å². The fourth-order valence-corrected chi connectivity index (χ4v) is 4.59. The highest BCUT2D eigenvalue weighted by atomic mass is 32.2. The van der Waals surface area contributed by atoms with Crippen LogP contribution >= 0.6 is 11.8 Å². The Morgan fingerprint density at radius 2 is 1.94 bits per heavy atom. The molecule has 178 valence electrons. The number of aromatic amines is 1. The SMILES string of the molecule is CCOc1ccccc1NC(=O)CSc1nc2c(c(=O)[nH]1)CN(Cc1ccccc1OC)CC2. The number of hydrogen-bond donors (Lipinski definition) is 2. The highest BCUT2D eigenvalue weighted by molar-refractivity contribution is 7.99. The van der Waals surface area contributed by atoms with Crippen LogP contribution in [0, 0.1) is 0 Å². The molecule has 1 amide bonds. The fourth-order valence-electron chi connectivity index (χ4n) is 3.91. The summed E-state index contributed by atoms with van der Waals surface area (Å²) in [6.45, 7) is 4.42. The van der Waals surface area contributed by atoms with Crippen molar-refractivity contribution in [1.29, 1.82) is 0 Å². The Balaban J connectivity index is 1.38. The number of H-pyrrole nitrogens is 1. The van der Waals surface area contributed by atoms with Crippen molar-refractivity contribution in [3.05, 3.63) is 75.7 Å². The second-order valence-electron chi connectivity index (χ2n) is 7.83. The van der Waals surface area contributed by atoms with Gasteiger partial charge in [0.05, 0.1) is 36.4 Å². The molecule has 0 radical (unpaired) electrons. The second-order valence-corrected chi connectivity index (χ2v) is 8.80. The lowest BCUT2D eigenvalue weighted by Gasteiger charge is -2.28. The summed E-state index contributed by atoms with van der Waals surface area (Å²) in [6, 6.07) is 15.2. The van der Waals surface area contributed by atoms with Gasteiger partial charge in [0.25, 0.3) is 5.56 Å². The molecule has 0 bridgehead atoms. The number of carbonyl (C=O) groups is 1. The molecule has 0 fully saturated rings. The van der Waals surface area contributed by atoms with Gasteiger partial charge < -0.3 is 19.8 Å². The van der Waals surface area contributed by atoms with E-state index < -0.39 is 0 Å². The summed E-state index contributed by atoms with van der Waals surface area (Å²) in [4.78, 5) is 34.9. The van der Waals surface area contributed by atoms with Gasteiger partial charge in [0.2, 0.25) is 5.91 Å². The summed E-state index contributed by atoms with van der Waals surface area (Å²) in [5, 5.41) is 3.31. The molecule has 0 saturated carbocycles. The van der Waals surface area contributed by atoms with E-state index in [0.717, 1.165) is 23.6 Å². The van der Waals surface area contributed by atoms with E-state index in [1.54, 1.807) is 13.2 Å². The molecule has 4 rings (SSSR count). The van der Waals surface area contributed by atoms with Crippen molar-refractivity contribution < 1.29 is 14.3 Å². The highest BCUT2D eigenvalue weighted by Crippen LogP contribution is 2.25. The molecule has 3 aromatic rings. The van der Waals surface area contributed by atoms with Gasteiger partial charge >= 0.3 is 0 Å². The minimum Gasteiger partial charge on any atom is -0.496 e. The van der Waals surface area contributed by atoms with Gasteiger partial charge in [-0.05, 0) is 25.1 Å². The first-order valence-corrected chi connectivity index (χ1v) is 12.2. The molecule has 0 unspecified atom stereocenters. The normalized spacial score (nSPS) is 13.2. The number of aromatic nitrogens is 2. The van der Waals surface area contributed by atoms with E-state index in [-0.39, 0.29) is 17.2 Å². The van der Waals surface area contributed by atoms with Crippen molar-refractivity contribution in [2.75, 3.05) is 31.3 Å². The molecule has 0 atom stereocenters. The van der Waals surface area contributed by atoms with Crippen LogP contribution in [0.5, 0.6) is 11.5 Å². The number of rotatable bonds is 9. The first-order chi connectivity index (χ1) is 16.6. The van der Waals surface area contributed by atoms with Gasteiger partial charge in [-0.2, -0.15) is 0 Å². The number of hydrogen-bond acceptors (Lipinski definition) is 7. The Bertz CT molecular complexity index is 1210. The number of methoxy groups -OCH3 is 1. The second kappa shape index (κ2) is 11.2. The van der Waals surface area contributed by atoms with Gasteiger partial charge in [-0.3, -0.25) is 14.5 Å². The number of nitrogens with one attached hydrogen (secondary N) is 2. The molecule has 0 saturated heterocycles. The summed E-state index contributed by atoms with van der Waals surface area (Å²) in [5.41, 5.74) is 3.03. The molecular formula is C25H28N4O4S. The number of amides is 1. The summed E-state index contributed by atoms with van der Waals surface area (Å²) in [6.07, 6.45) is 0.676. The number of anilines is 1. The molecule has 9 heteroatoms. The maximum absolute atomic E-state index is 12.8. The summed E-state index contributed by atoms with van der Waals surface area (Å²) >= 11 is 1.21. The van der Waals surface area contributed by atoms with Gasteiger partial charge in [0, 0.05) is 31.6 Å². The third-order valence-corrected chi connectivity index (χ3v) is 6.39. The van der Waals surface area contributed by atoms with Crippen molar-refractivity contribution in [3.63, 3.8) is 0 Å². The van der Waals surface area contributed by atoms with Crippen LogP contribution in [-0.4, -0.2) is 46.8 Å². The molecular weight excluding hydrogens is 452 g/mol. The van der Waals surface area contributed by atoms with E-state index >= 15 is 0 Å². The van der Waals surface area contributed by atoms with Crippen LogP contribution in [0.15, 0.2) is 58.5 Å². The van der Waals surface area contributed by atoms with Gasteiger partial charge in [0.15, 0.2) is 5.16 Å². The van der Waals surface area contributed by atoms with Gasteiger partial charge in [0.1, 0.15) is 11.5 Å². The Hall–Kier alpha value is -3.30. The molecule has 1 aliphatic heterocycles. The van der Waals surface area contributed by atoms with Crippen molar-refractivity contribution in [1.82, 2.24) is 14.9 Å². The Morgan fingerprint density at radius 1 is 1.18 bits per heavy atom. The Morgan fingerprint density at radius 3 is 2.74 bits per heavy atom. The number of carbonyl (C=O) groups excluding carboxylic acids is 1. The minimum atomic E-state index is -0.194. The van der Waals surface area contributed by atoms with Crippen molar-refractivity contribution in [2.45, 2.75) is 31.6 Å². The standard InChI is InChI=1S/C25H28N4O4S/c1-3-33-22-11-7-5-9-20(22)26-23(30)16-34-25-27-19-12-13-29(15-18(19)24(31)28-25)14-17-8-4-6-10-21(17)32-2/h4-11H,3,12-16H2,1-2H3,(H,26,30)(H,27,28,31). The molecule has 0 aliphatic carbocycles. The van der Waals surface area contributed by atoms with E-state index in [2.05, 4.69) is 20.2 Å². The average molecular weight is 481 g/mol. The number of ether oxygens (including phenoxy) is 2. The van der Waals surface area contributed by atoms with Crippen LogP contribution in [-0.2, 0) is 24.3 Å². The zero-order valence-corrected chi connectivity index (χ0v) is 20.1. The summed E-state index contributed by atoms with van der Waals surface area (Å²) < 4.78 is 11.0. The third-order valence-electron chi connectivity index (χ3n) is 5.51. The maximum Gasteiger partial charge on any atom is 0.256 e. The van der Waals surface area contributed by atoms with Crippen molar-refractivity contribution in [2.24, 2.45) is 0 Å². The number of nitrogens with zero attached hydrogens (tertiary/aromatic N) is 2. The predicted octanol–water partition coefficient (Wildman–Crippen LogP) is 3.47. The van der Waals surface area contributed by atoms with E-state index in [4.69, 9.17) is 9.47 Å². The molecule has 1 aliphatic rings. The molecule has 34 heavy (non-hydrogen) atoms. The van der Waals surface area contributed by atoms with Crippen molar-refractivity contribution in [3.8, 4) is 11.5 Å². The number of para-hydroxylation sites is 3. The molecule has 2 aromatic carbocycles. The zero-order chi connectivity index (χ0) is 23.9. The molecule has 2 heterocycles. The monoisotopic (exact) mass is 480 g/mol. The van der Waals surface area contributed by atoms with Crippen LogP contribution in [0.25, 0.3) is 0 Å². The lowest BCUT2D eigenvalue weighted by molar-refractivity contribution is -0.113. The topological polar surface area (TPSA) is 96.5 Å². The van der Waals surface area contributed by atoms with Gasteiger partial charge in [-0.1, -0.05) is 42.1 Å². The smallest absolute Gasteiger partial charge is 0.256 e. The zero-order valence-electron chi connectivity index (χ0n) is 19.3. The molecule has 0 spiro atoms. The van der Waals surface area contributed by atoms with E-state index in [1.807, 2.05) is 49.4 Å². The van der Waals surface area contributed by atoms with Crippen LogP contribution in [0.1, 0.15) is 23.7 Å². The average Bonchev–Trinajstić information content (AvgIpc) is 2.85. The van der Waals surface area contributed by atoms with E-state index in [1.165, 1.54) is 11.8 Å². The third kappa shape index (κ3) is 5.78. The first kappa shape index (κ1) is 23.8. The van der Waals surface area contributed by atoms with E-state index in [0.29, 0.717) is 48.3 Å². The predicted molar refractivity (Wildman–Crippen MR) is 133 cm³/mol. The van der Waals surface area contributed by atoms with Crippen LogP contribution < -0.4 is 20.3 Å². The fraction of sp³-hybridized carbons (Fsp3) is 0.320. The Kier molecular flexibility index (Phi) is 7.87. The maximum atomic E-state index is 12.8. The summed E-state index contributed by atoms with van der Waals surface area (Å²) in [7, 11) is 1.66. The number of benzene rings is 2. The lowest BCUT2D eigenvalue weighted by atomic mass is 10.1. The molecule has 8 nitrogen and oxygen atoms in total. The van der Waals surface area contributed by atoms with Crippen molar-refractivity contribution >= 4 is 23.4 Å². The van der Waals surface area contributed by atoms with E-state index in [9.17, 15) is 9.59 Å². The van der Waals surface area contributed by atoms with Gasteiger partial charge in [-0.25, -0.2) is 4.98 Å². The largest absolute Gasteiger partial charge is 0.496 e. The first-order valence-electron chi connectivity index (χ1n) is 11.2.